The molecule has 1 amide bonds. The third-order valence-electron chi connectivity index (χ3n) is 4.62. The number of amides is 1. The number of hydrogen-bond donors (Lipinski definition) is 0. The molecule has 4 nitrogen and oxygen atoms in total. The van der Waals surface area contributed by atoms with E-state index in [-0.39, 0.29) is 12.2 Å². The first-order chi connectivity index (χ1) is 10.3. The van der Waals surface area contributed by atoms with Gasteiger partial charge in [0, 0.05) is 24.9 Å². The number of nitrogens with zero attached hydrogens (tertiary/aromatic N) is 1. The molecular formula is C18H27NO3. The minimum Gasteiger partial charge on any atom is -0.444 e. The summed E-state index contributed by atoms with van der Waals surface area (Å²) in [6, 6.07) is 0. The summed E-state index contributed by atoms with van der Waals surface area (Å²) in [5.41, 5.74) is 0.869. The fraction of sp³-hybridized carbons (Fsp3) is 0.722. The van der Waals surface area contributed by atoms with Crippen molar-refractivity contribution in [3.8, 4) is 0 Å². The van der Waals surface area contributed by atoms with Crippen molar-refractivity contribution in [2.45, 2.75) is 58.3 Å². The lowest BCUT2D eigenvalue weighted by Gasteiger charge is -2.26. The zero-order valence-corrected chi connectivity index (χ0v) is 14.0. The number of carbonyl (C=O) groups excluding carboxylic acids is 1. The van der Waals surface area contributed by atoms with Crippen LogP contribution in [0.15, 0.2) is 23.8 Å². The Labute approximate surface area is 133 Å². The van der Waals surface area contributed by atoms with E-state index in [0.29, 0.717) is 17.9 Å². The Morgan fingerprint density at radius 2 is 1.95 bits per heavy atom. The lowest BCUT2D eigenvalue weighted by Crippen LogP contribution is -2.38. The number of rotatable bonds is 3. The van der Waals surface area contributed by atoms with Crippen molar-refractivity contribution in [1.82, 2.24) is 4.90 Å². The molecular weight excluding hydrogens is 278 g/mol. The van der Waals surface area contributed by atoms with E-state index in [1.54, 1.807) is 0 Å². The van der Waals surface area contributed by atoms with Gasteiger partial charge in [0.1, 0.15) is 5.60 Å². The van der Waals surface area contributed by atoms with Gasteiger partial charge >= 0.3 is 6.09 Å². The van der Waals surface area contributed by atoms with E-state index in [1.165, 1.54) is 5.57 Å². The molecule has 22 heavy (non-hydrogen) atoms. The van der Waals surface area contributed by atoms with Gasteiger partial charge < -0.3 is 14.4 Å². The van der Waals surface area contributed by atoms with Crippen LogP contribution in [0.3, 0.4) is 0 Å². The Balaban J connectivity index is 1.46. The Bertz CT molecular complexity index is 491. The van der Waals surface area contributed by atoms with Crippen LogP contribution in [0.1, 0.15) is 40.5 Å². The third-order valence-corrected chi connectivity index (χ3v) is 4.62. The van der Waals surface area contributed by atoms with Crippen molar-refractivity contribution in [3.05, 3.63) is 23.8 Å². The second kappa shape index (κ2) is 5.73. The van der Waals surface area contributed by atoms with E-state index in [4.69, 9.17) is 9.47 Å². The monoisotopic (exact) mass is 305 g/mol. The standard InChI is InChI=1S/C18H27NO3/c1-12(13-8-6-5-7-9-13)21-16-14-10-19(11-15(14)16)17(20)22-18(2,3)4/h6,8-9,12,14-16H,5,7,10-11H2,1-4H3. The van der Waals surface area contributed by atoms with Crippen LogP contribution < -0.4 is 0 Å². The summed E-state index contributed by atoms with van der Waals surface area (Å²) in [5.74, 6) is 0.978. The number of allylic oxidation sites excluding steroid dienone is 2. The molecule has 0 N–H and O–H groups in total. The molecule has 1 saturated carbocycles. The van der Waals surface area contributed by atoms with E-state index >= 15 is 0 Å². The Morgan fingerprint density at radius 1 is 1.27 bits per heavy atom. The van der Waals surface area contributed by atoms with Gasteiger partial charge in [-0.15, -0.1) is 0 Å². The van der Waals surface area contributed by atoms with Crippen LogP contribution in [-0.2, 0) is 9.47 Å². The minimum atomic E-state index is -0.423. The third kappa shape index (κ3) is 3.37. The Hall–Kier alpha value is -1.29. The summed E-state index contributed by atoms with van der Waals surface area (Å²) in [5, 5.41) is 0. The van der Waals surface area contributed by atoms with Crippen LogP contribution in [0.4, 0.5) is 4.79 Å². The number of likely N-dealkylation sites (tertiary alicyclic amines) is 1. The number of ether oxygens (including phenoxy) is 2. The van der Waals surface area contributed by atoms with Gasteiger partial charge in [0.2, 0.25) is 0 Å². The molecule has 3 rings (SSSR count). The normalized spacial score (nSPS) is 31.5. The smallest absolute Gasteiger partial charge is 0.410 e. The highest BCUT2D eigenvalue weighted by molar-refractivity contribution is 5.69. The summed E-state index contributed by atoms with van der Waals surface area (Å²) < 4.78 is 11.6. The molecule has 2 aliphatic carbocycles. The predicted octanol–water partition coefficient (Wildman–Crippen LogP) is 3.53. The fourth-order valence-corrected chi connectivity index (χ4v) is 3.40. The Kier molecular flexibility index (Phi) is 4.06. The van der Waals surface area contributed by atoms with Crippen LogP contribution in [0, 0.1) is 11.8 Å². The number of fused-ring (bicyclic) bond motifs is 1. The van der Waals surface area contributed by atoms with Gasteiger partial charge in [-0.1, -0.05) is 18.2 Å². The molecule has 2 fully saturated rings. The zero-order valence-electron chi connectivity index (χ0n) is 14.0. The van der Waals surface area contributed by atoms with Gasteiger partial charge in [-0.25, -0.2) is 4.79 Å². The van der Waals surface area contributed by atoms with Gasteiger partial charge in [0.25, 0.3) is 0 Å². The van der Waals surface area contributed by atoms with Crippen molar-refractivity contribution < 1.29 is 14.3 Å². The van der Waals surface area contributed by atoms with Crippen molar-refractivity contribution in [1.29, 1.82) is 0 Å². The first-order valence-electron chi connectivity index (χ1n) is 8.35. The fourth-order valence-electron chi connectivity index (χ4n) is 3.40. The van der Waals surface area contributed by atoms with Crippen LogP contribution >= 0.6 is 0 Å². The molecule has 4 heteroatoms. The molecule has 1 saturated heterocycles. The lowest BCUT2D eigenvalue weighted by atomic mass is 10.0. The van der Waals surface area contributed by atoms with Gasteiger partial charge in [0.05, 0.1) is 12.2 Å². The first kappa shape index (κ1) is 15.6. The highest BCUT2D eigenvalue weighted by atomic mass is 16.6. The SMILES string of the molecule is CC(OC1C2CN(C(=O)OC(C)(C)C)CC21)C1=CCCC=C1. The minimum absolute atomic E-state index is 0.155. The number of hydrogen-bond acceptors (Lipinski definition) is 3. The molecule has 3 aliphatic rings. The maximum absolute atomic E-state index is 12.0. The van der Waals surface area contributed by atoms with Gasteiger partial charge in [-0.05, 0) is 46.1 Å². The quantitative estimate of drug-likeness (QED) is 0.800. The molecule has 0 radical (unpaired) electrons. The van der Waals surface area contributed by atoms with E-state index in [2.05, 4.69) is 25.2 Å². The maximum Gasteiger partial charge on any atom is 0.410 e. The van der Waals surface area contributed by atoms with Crippen LogP contribution in [0.5, 0.6) is 0 Å². The highest BCUT2D eigenvalue weighted by Crippen LogP contribution is 2.49. The molecule has 0 aromatic carbocycles. The largest absolute Gasteiger partial charge is 0.444 e. The van der Waals surface area contributed by atoms with E-state index in [0.717, 1.165) is 25.9 Å². The average molecular weight is 305 g/mol. The molecule has 0 aromatic heterocycles. The topological polar surface area (TPSA) is 38.8 Å². The second-order valence-electron chi connectivity index (χ2n) is 7.64. The summed E-state index contributed by atoms with van der Waals surface area (Å²) in [7, 11) is 0. The molecule has 0 aromatic rings. The zero-order chi connectivity index (χ0) is 15.9. The van der Waals surface area contributed by atoms with Crippen molar-refractivity contribution in [2.24, 2.45) is 11.8 Å². The summed E-state index contributed by atoms with van der Waals surface area (Å²) in [6.45, 7) is 9.38. The van der Waals surface area contributed by atoms with Crippen molar-refractivity contribution in [3.63, 3.8) is 0 Å². The predicted molar refractivity (Wildman–Crippen MR) is 85.6 cm³/mol. The van der Waals surface area contributed by atoms with E-state index in [1.807, 2.05) is 25.7 Å². The number of piperidine rings is 1. The van der Waals surface area contributed by atoms with Gasteiger partial charge in [-0.3, -0.25) is 0 Å². The van der Waals surface area contributed by atoms with Crippen molar-refractivity contribution >= 4 is 6.09 Å². The molecule has 3 atom stereocenters. The van der Waals surface area contributed by atoms with Crippen LogP contribution in [-0.4, -0.2) is 41.9 Å². The molecule has 3 unspecified atom stereocenters. The Morgan fingerprint density at radius 3 is 2.50 bits per heavy atom. The summed E-state index contributed by atoms with van der Waals surface area (Å²) in [6.07, 6.45) is 9.19. The van der Waals surface area contributed by atoms with Gasteiger partial charge in [-0.2, -0.15) is 0 Å². The number of carbonyl (C=O) groups is 1. The molecule has 1 heterocycles. The molecule has 122 valence electrons. The van der Waals surface area contributed by atoms with Gasteiger partial charge in [0.15, 0.2) is 0 Å². The lowest BCUT2D eigenvalue weighted by molar-refractivity contribution is 0.0155. The van der Waals surface area contributed by atoms with E-state index < -0.39 is 5.60 Å². The highest BCUT2D eigenvalue weighted by Gasteiger charge is 2.58. The second-order valence-corrected chi connectivity index (χ2v) is 7.64. The first-order valence-corrected chi connectivity index (χ1v) is 8.35. The van der Waals surface area contributed by atoms with Crippen molar-refractivity contribution in [2.75, 3.05) is 13.1 Å². The summed E-state index contributed by atoms with van der Waals surface area (Å²) >= 11 is 0. The maximum atomic E-state index is 12.0. The molecule has 0 bridgehead atoms. The van der Waals surface area contributed by atoms with Crippen LogP contribution in [0.2, 0.25) is 0 Å². The van der Waals surface area contributed by atoms with Crippen LogP contribution in [0.25, 0.3) is 0 Å². The molecule has 0 spiro atoms. The summed E-state index contributed by atoms with van der Waals surface area (Å²) in [4.78, 5) is 13.9. The molecule has 1 aliphatic heterocycles. The van der Waals surface area contributed by atoms with E-state index in [9.17, 15) is 4.79 Å². The average Bonchev–Trinajstić information content (AvgIpc) is 2.90.